The molecular formula is C12H17O2S2Si. The van der Waals surface area contributed by atoms with Crippen molar-refractivity contribution in [2.45, 2.75) is 18.2 Å². The van der Waals surface area contributed by atoms with Crippen LogP contribution in [0.2, 0.25) is 0 Å². The van der Waals surface area contributed by atoms with Gasteiger partial charge in [-0.3, -0.25) is 0 Å². The van der Waals surface area contributed by atoms with Crippen molar-refractivity contribution in [1.82, 2.24) is 0 Å². The molecule has 0 aliphatic carbocycles. The third-order valence-electron chi connectivity index (χ3n) is 2.76. The second kappa shape index (κ2) is 6.07. The summed E-state index contributed by atoms with van der Waals surface area (Å²) in [7, 11) is 8.57. The van der Waals surface area contributed by atoms with Gasteiger partial charge in [-0.2, -0.15) is 0 Å². The number of ether oxygens (including phenoxy) is 2. The quantitative estimate of drug-likeness (QED) is 0.509. The molecular weight excluding hydrogens is 268 g/mol. The van der Waals surface area contributed by atoms with E-state index >= 15 is 0 Å². The largest absolute Gasteiger partial charge is 0.493 e. The van der Waals surface area contributed by atoms with Crippen molar-refractivity contribution in [1.29, 1.82) is 0 Å². The predicted molar refractivity (Wildman–Crippen MR) is 78.4 cm³/mol. The van der Waals surface area contributed by atoms with Gasteiger partial charge >= 0.3 is 0 Å². The summed E-state index contributed by atoms with van der Waals surface area (Å²) in [5.41, 5.74) is 1.03. The maximum Gasteiger partial charge on any atom is 0.165 e. The zero-order chi connectivity index (χ0) is 13.1. The van der Waals surface area contributed by atoms with E-state index in [1.807, 2.05) is 18.2 Å². The van der Waals surface area contributed by atoms with Crippen molar-refractivity contribution in [3.05, 3.63) is 23.8 Å². The SMILES string of the molecule is COc1cccc(C([Si])(SS)C(C)C)c1OC. The van der Waals surface area contributed by atoms with Gasteiger partial charge in [-0.05, 0) is 12.0 Å². The third kappa shape index (κ3) is 2.77. The Morgan fingerprint density at radius 2 is 1.94 bits per heavy atom. The molecule has 0 spiro atoms. The van der Waals surface area contributed by atoms with Crippen LogP contribution >= 0.6 is 22.5 Å². The number of para-hydroxylation sites is 1. The van der Waals surface area contributed by atoms with Gasteiger partial charge < -0.3 is 9.47 Å². The van der Waals surface area contributed by atoms with Crippen LogP contribution in [0.3, 0.4) is 0 Å². The summed E-state index contributed by atoms with van der Waals surface area (Å²) in [4.78, 5) is 0. The normalized spacial score (nSPS) is 14.5. The number of benzene rings is 1. The lowest BCUT2D eigenvalue weighted by atomic mass is 9.99. The Labute approximate surface area is 116 Å². The van der Waals surface area contributed by atoms with Crippen LogP contribution in [-0.4, -0.2) is 24.5 Å². The molecule has 0 saturated carbocycles. The zero-order valence-electron chi connectivity index (χ0n) is 10.5. The van der Waals surface area contributed by atoms with E-state index in [2.05, 4.69) is 35.8 Å². The van der Waals surface area contributed by atoms with E-state index in [4.69, 9.17) is 9.47 Å². The van der Waals surface area contributed by atoms with Crippen molar-refractivity contribution >= 4 is 32.7 Å². The number of hydrogen-bond acceptors (Lipinski definition) is 4. The van der Waals surface area contributed by atoms with Crippen LogP contribution in [0.1, 0.15) is 19.4 Å². The lowest BCUT2D eigenvalue weighted by Crippen LogP contribution is -2.28. The average molecular weight is 285 g/mol. The number of hydrogen-bond donors (Lipinski definition) is 1. The number of thiol groups is 1. The van der Waals surface area contributed by atoms with Crippen molar-refractivity contribution in [2.75, 3.05) is 14.2 Å². The summed E-state index contributed by atoms with van der Waals surface area (Å²) in [6, 6.07) is 5.87. The highest BCUT2D eigenvalue weighted by molar-refractivity contribution is 8.69. The Morgan fingerprint density at radius 3 is 2.35 bits per heavy atom. The first kappa shape index (κ1) is 14.8. The maximum absolute atomic E-state index is 5.46. The summed E-state index contributed by atoms with van der Waals surface area (Å²) in [5.74, 6) is 1.83. The molecule has 0 N–H and O–H groups in total. The fourth-order valence-electron chi connectivity index (χ4n) is 1.65. The lowest BCUT2D eigenvalue weighted by Gasteiger charge is -2.33. The highest BCUT2D eigenvalue weighted by Crippen LogP contribution is 2.48. The molecule has 0 aliphatic heterocycles. The minimum absolute atomic E-state index is 0.303. The number of methoxy groups -OCH3 is 2. The first-order chi connectivity index (χ1) is 8.01. The summed E-state index contributed by atoms with van der Waals surface area (Å²) < 4.78 is 10.5. The van der Waals surface area contributed by atoms with Crippen LogP contribution in [0.25, 0.3) is 0 Å². The van der Waals surface area contributed by atoms with E-state index in [1.54, 1.807) is 14.2 Å². The van der Waals surface area contributed by atoms with Crippen molar-refractivity contribution in [3.8, 4) is 11.5 Å². The molecule has 1 aromatic carbocycles. The molecule has 1 rings (SSSR count). The first-order valence-corrected chi connectivity index (χ1v) is 7.67. The van der Waals surface area contributed by atoms with Crippen LogP contribution in [0.5, 0.6) is 11.5 Å². The van der Waals surface area contributed by atoms with Gasteiger partial charge in [0.05, 0.1) is 24.5 Å². The van der Waals surface area contributed by atoms with Crippen LogP contribution in [0, 0.1) is 5.92 Å². The molecule has 93 valence electrons. The molecule has 2 nitrogen and oxygen atoms in total. The molecule has 1 unspecified atom stereocenters. The van der Waals surface area contributed by atoms with E-state index in [1.165, 1.54) is 10.8 Å². The van der Waals surface area contributed by atoms with Gasteiger partial charge in [-0.15, -0.1) is 11.7 Å². The summed E-state index contributed by atoms with van der Waals surface area (Å²) in [5, 5.41) is 0. The van der Waals surface area contributed by atoms with Gasteiger partial charge in [0.1, 0.15) is 0 Å². The summed E-state index contributed by atoms with van der Waals surface area (Å²) in [6.07, 6.45) is 0. The third-order valence-corrected chi connectivity index (χ3v) is 6.27. The molecule has 0 heterocycles. The summed E-state index contributed by atoms with van der Waals surface area (Å²) in [6.45, 7) is 4.27. The van der Waals surface area contributed by atoms with Crippen molar-refractivity contribution in [3.63, 3.8) is 0 Å². The summed E-state index contributed by atoms with van der Waals surface area (Å²) >= 11 is 4.37. The predicted octanol–water partition coefficient (Wildman–Crippen LogP) is 3.26. The minimum Gasteiger partial charge on any atom is -0.493 e. The molecule has 0 saturated heterocycles. The van der Waals surface area contributed by atoms with E-state index in [0.29, 0.717) is 5.92 Å². The van der Waals surface area contributed by atoms with Gasteiger partial charge in [0.15, 0.2) is 11.5 Å². The zero-order valence-corrected chi connectivity index (χ0v) is 13.2. The molecule has 0 bridgehead atoms. The Bertz CT molecular complexity index is 385. The molecule has 0 amide bonds. The van der Waals surface area contributed by atoms with Crippen molar-refractivity contribution < 1.29 is 9.47 Å². The molecule has 1 aromatic rings. The molecule has 0 aromatic heterocycles. The van der Waals surface area contributed by atoms with Crippen molar-refractivity contribution in [2.24, 2.45) is 5.92 Å². The highest BCUT2D eigenvalue weighted by Gasteiger charge is 2.34. The van der Waals surface area contributed by atoms with Gasteiger partial charge in [-0.1, -0.05) is 36.8 Å². The standard InChI is InChI=1S/C12H17O2S2Si/c1-8(2)12(17,16-15)9-6-5-7-10(13-3)11(9)14-4/h5-8,15H,1-4H3. The molecule has 17 heavy (non-hydrogen) atoms. The van der Waals surface area contributed by atoms with Crippen LogP contribution in [0.15, 0.2) is 18.2 Å². The van der Waals surface area contributed by atoms with Gasteiger partial charge in [-0.25, -0.2) is 0 Å². The maximum atomic E-state index is 5.46. The second-order valence-corrected chi connectivity index (χ2v) is 6.55. The average Bonchev–Trinajstić information content (AvgIpc) is 2.36. The Kier molecular flexibility index (Phi) is 5.28. The van der Waals surface area contributed by atoms with E-state index in [0.717, 1.165) is 17.1 Å². The Hall–Kier alpha value is -0.263. The van der Waals surface area contributed by atoms with Crippen LogP contribution in [0.4, 0.5) is 0 Å². The Morgan fingerprint density at radius 1 is 1.29 bits per heavy atom. The monoisotopic (exact) mass is 285 g/mol. The van der Waals surface area contributed by atoms with E-state index < -0.39 is 0 Å². The smallest absolute Gasteiger partial charge is 0.165 e. The number of rotatable bonds is 5. The fourth-order valence-corrected chi connectivity index (χ4v) is 3.24. The van der Waals surface area contributed by atoms with E-state index in [-0.39, 0.29) is 4.37 Å². The van der Waals surface area contributed by atoms with Gasteiger partial charge in [0, 0.05) is 9.93 Å². The highest BCUT2D eigenvalue weighted by atomic mass is 33.1. The minimum atomic E-state index is -0.303. The van der Waals surface area contributed by atoms with Gasteiger partial charge in [0.2, 0.25) is 0 Å². The fraction of sp³-hybridized carbons (Fsp3) is 0.500. The van der Waals surface area contributed by atoms with E-state index in [9.17, 15) is 0 Å². The van der Waals surface area contributed by atoms with Crippen LogP contribution in [-0.2, 0) is 4.37 Å². The molecule has 0 aliphatic rings. The molecule has 5 heteroatoms. The molecule has 1 atom stereocenters. The molecule has 3 radical (unpaired) electrons. The topological polar surface area (TPSA) is 18.5 Å². The lowest BCUT2D eigenvalue weighted by molar-refractivity contribution is 0.348. The van der Waals surface area contributed by atoms with Gasteiger partial charge in [0.25, 0.3) is 0 Å². The second-order valence-electron chi connectivity index (χ2n) is 4.02. The first-order valence-electron chi connectivity index (χ1n) is 5.30. The van der Waals surface area contributed by atoms with Crippen LogP contribution < -0.4 is 9.47 Å². The molecule has 0 fully saturated rings. The Balaban J connectivity index is 3.38.